The highest BCUT2D eigenvalue weighted by atomic mass is 19.4. The third kappa shape index (κ3) is 3.74. The zero-order chi connectivity index (χ0) is 21.9. The molecule has 1 N–H and O–H groups in total. The van der Waals surface area contributed by atoms with Gasteiger partial charge in [0.05, 0.1) is 12.2 Å². The smallest absolute Gasteiger partial charge is 0.390 e. The number of carbonyl (C=O) groups excluding carboxylic acids is 1. The Hall–Kier alpha value is -0.620. The highest BCUT2D eigenvalue weighted by Crippen LogP contribution is 2.67. The maximum absolute atomic E-state index is 12.5. The van der Waals surface area contributed by atoms with Gasteiger partial charge in [-0.1, -0.05) is 13.8 Å². The number of hydrogen-bond acceptors (Lipinski definition) is 3. The number of ether oxygens (including phenoxy) is 1. The normalized spacial score (nSPS) is 48.6. The third-order valence-electron chi connectivity index (χ3n) is 10.0. The van der Waals surface area contributed by atoms with Crippen molar-refractivity contribution in [1.29, 1.82) is 0 Å². The Labute approximate surface area is 178 Å². The van der Waals surface area contributed by atoms with Crippen LogP contribution < -0.4 is 0 Å². The van der Waals surface area contributed by atoms with Gasteiger partial charge in [-0.15, -0.1) is 0 Å². The van der Waals surface area contributed by atoms with Crippen LogP contribution in [-0.2, 0) is 9.53 Å². The molecule has 0 aromatic carbocycles. The molecule has 8 atom stereocenters. The lowest BCUT2D eigenvalue weighted by atomic mass is 9.44. The fraction of sp³-hybridized carbons (Fsp3) is 0.958. The van der Waals surface area contributed by atoms with E-state index in [2.05, 4.69) is 13.8 Å². The van der Waals surface area contributed by atoms with E-state index in [-0.39, 0.29) is 17.9 Å². The van der Waals surface area contributed by atoms with E-state index >= 15 is 0 Å². The van der Waals surface area contributed by atoms with Crippen molar-refractivity contribution >= 4 is 5.78 Å². The molecule has 0 heterocycles. The predicted molar refractivity (Wildman–Crippen MR) is 108 cm³/mol. The van der Waals surface area contributed by atoms with Gasteiger partial charge in [0.1, 0.15) is 6.61 Å². The second-order valence-electron chi connectivity index (χ2n) is 11.6. The zero-order valence-corrected chi connectivity index (χ0v) is 18.6. The van der Waals surface area contributed by atoms with Gasteiger partial charge in [0.15, 0.2) is 0 Å². The van der Waals surface area contributed by atoms with Gasteiger partial charge < -0.3 is 9.84 Å². The Balaban J connectivity index is 1.42. The number of hydrogen-bond donors (Lipinski definition) is 1. The highest BCUT2D eigenvalue weighted by Gasteiger charge is 2.60. The van der Waals surface area contributed by atoms with Crippen molar-refractivity contribution in [3.05, 3.63) is 0 Å². The quantitative estimate of drug-likeness (QED) is 0.637. The number of fused-ring (bicyclic) bond motifs is 5. The molecule has 0 aliphatic heterocycles. The van der Waals surface area contributed by atoms with Crippen molar-refractivity contribution in [3.8, 4) is 0 Å². The van der Waals surface area contributed by atoms with Crippen molar-refractivity contribution in [3.63, 3.8) is 0 Å². The summed E-state index contributed by atoms with van der Waals surface area (Å²) in [5.74, 6) is 1.02. The topological polar surface area (TPSA) is 46.5 Å². The third-order valence-corrected chi connectivity index (χ3v) is 10.0. The summed E-state index contributed by atoms with van der Waals surface area (Å²) in [6.07, 6.45) is 4.86. The van der Waals surface area contributed by atoms with Crippen LogP contribution in [0.5, 0.6) is 0 Å². The first-order valence-electron chi connectivity index (χ1n) is 11.8. The molecule has 0 aromatic rings. The second-order valence-corrected chi connectivity index (χ2v) is 11.6. The van der Waals surface area contributed by atoms with Gasteiger partial charge in [-0.3, -0.25) is 4.79 Å². The molecular formula is C24H37F3O3. The maximum atomic E-state index is 12.5. The SMILES string of the molecule is C[C@]1(O)CC[C@]2(C)C3CC[C@]4(C)[C@@H](COCC(=O)C(F)(F)F)CC[C@H]4C3CC[C@H]2C1. The molecule has 4 saturated carbocycles. The van der Waals surface area contributed by atoms with Crippen LogP contribution in [0.2, 0.25) is 0 Å². The largest absolute Gasteiger partial charge is 0.452 e. The minimum Gasteiger partial charge on any atom is -0.390 e. The van der Waals surface area contributed by atoms with Crippen LogP contribution in [0.4, 0.5) is 13.2 Å². The second kappa shape index (κ2) is 7.47. The van der Waals surface area contributed by atoms with E-state index in [4.69, 9.17) is 4.74 Å². The predicted octanol–water partition coefficient (Wildman–Crippen LogP) is 5.54. The first-order valence-corrected chi connectivity index (χ1v) is 11.8. The Kier molecular flexibility index (Phi) is 5.62. The Morgan fingerprint density at radius 2 is 1.67 bits per heavy atom. The van der Waals surface area contributed by atoms with Gasteiger partial charge >= 0.3 is 6.18 Å². The first-order chi connectivity index (χ1) is 13.9. The summed E-state index contributed by atoms with van der Waals surface area (Å²) in [6, 6.07) is 0. The van der Waals surface area contributed by atoms with Gasteiger partial charge in [-0.2, -0.15) is 13.2 Å². The molecule has 0 bridgehead atoms. The lowest BCUT2D eigenvalue weighted by Crippen LogP contribution is -2.55. The zero-order valence-electron chi connectivity index (χ0n) is 18.6. The van der Waals surface area contributed by atoms with E-state index in [0.29, 0.717) is 29.1 Å². The van der Waals surface area contributed by atoms with Crippen molar-refractivity contribution in [1.82, 2.24) is 0 Å². The number of alkyl halides is 3. The van der Waals surface area contributed by atoms with E-state index in [1.54, 1.807) is 0 Å². The molecule has 0 saturated heterocycles. The average Bonchev–Trinajstić information content (AvgIpc) is 2.98. The van der Waals surface area contributed by atoms with E-state index in [0.717, 1.165) is 38.5 Å². The number of halogens is 3. The Morgan fingerprint density at radius 3 is 2.37 bits per heavy atom. The summed E-state index contributed by atoms with van der Waals surface area (Å²) in [6.45, 7) is 6.18. The molecule has 4 rings (SSSR count). The molecule has 30 heavy (non-hydrogen) atoms. The fourth-order valence-corrected chi connectivity index (χ4v) is 8.19. The van der Waals surface area contributed by atoms with Gasteiger partial charge in [0.25, 0.3) is 5.78 Å². The van der Waals surface area contributed by atoms with Gasteiger partial charge in [-0.05, 0) is 105 Å². The van der Waals surface area contributed by atoms with Crippen LogP contribution in [0.25, 0.3) is 0 Å². The highest BCUT2D eigenvalue weighted by molar-refractivity contribution is 5.85. The maximum Gasteiger partial charge on any atom is 0.452 e. The van der Waals surface area contributed by atoms with Crippen molar-refractivity contribution in [2.75, 3.05) is 13.2 Å². The van der Waals surface area contributed by atoms with Crippen LogP contribution in [0.15, 0.2) is 0 Å². The van der Waals surface area contributed by atoms with E-state index in [1.165, 1.54) is 19.3 Å². The summed E-state index contributed by atoms with van der Waals surface area (Å²) in [5, 5.41) is 10.6. The molecule has 4 aliphatic rings. The van der Waals surface area contributed by atoms with Gasteiger partial charge in [0.2, 0.25) is 0 Å². The molecule has 0 amide bonds. The number of aliphatic hydroxyl groups is 1. The van der Waals surface area contributed by atoms with Crippen molar-refractivity contribution in [2.24, 2.45) is 40.4 Å². The number of ketones is 1. The summed E-state index contributed by atoms with van der Waals surface area (Å²) >= 11 is 0. The molecule has 0 spiro atoms. The van der Waals surface area contributed by atoms with E-state index in [1.807, 2.05) is 6.92 Å². The Morgan fingerprint density at radius 1 is 0.967 bits per heavy atom. The van der Waals surface area contributed by atoms with E-state index < -0.39 is 24.2 Å². The molecule has 6 heteroatoms. The first kappa shape index (κ1) is 22.6. The molecule has 4 fully saturated rings. The van der Waals surface area contributed by atoms with Crippen LogP contribution in [0, 0.1) is 40.4 Å². The molecule has 0 aromatic heterocycles. The summed E-state index contributed by atoms with van der Waals surface area (Å²) in [5.41, 5.74) is -0.115. The van der Waals surface area contributed by atoms with E-state index in [9.17, 15) is 23.1 Å². The van der Waals surface area contributed by atoms with Gasteiger partial charge in [0, 0.05) is 0 Å². The molecule has 4 aliphatic carbocycles. The summed E-state index contributed by atoms with van der Waals surface area (Å²) in [7, 11) is 0. The fourth-order valence-electron chi connectivity index (χ4n) is 8.19. The monoisotopic (exact) mass is 430 g/mol. The van der Waals surface area contributed by atoms with Crippen LogP contribution in [-0.4, -0.2) is 35.9 Å². The van der Waals surface area contributed by atoms with Crippen LogP contribution in [0.1, 0.15) is 78.6 Å². The van der Waals surface area contributed by atoms with Crippen LogP contribution >= 0.6 is 0 Å². The van der Waals surface area contributed by atoms with Gasteiger partial charge in [-0.25, -0.2) is 0 Å². The van der Waals surface area contributed by atoms with Crippen molar-refractivity contribution < 1.29 is 27.8 Å². The lowest BCUT2D eigenvalue weighted by Gasteiger charge is -2.62. The molecule has 172 valence electrons. The average molecular weight is 431 g/mol. The van der Waals surface area contributed by atoms with Crippen LogP contribution in [0.3, 0.4) is 0 Å². The molecule has 2 unspecified atom stereocenters. The lowest BCUT2D eigenvalue weighted by molar-refractivity contribution is -0.176. The minimum atomic E-state index is -4.81. The molecular weight excluding hydrogens is 393 g/mol. The number of Topliss-reactive ketones (excluding diaryl/α,β-unsaturated/α-hetero) is 1. The Bertz CT molecular complexity index is 675. The number of rotatable bonds is 4. The number of carbonyl (C=O) groups is 1. The summed E-state index contributed by atoms with van der Waals surface area (Å²) in [4.78, 5) is 11.1. The summed E-state index contributed by atoms with van der Waals surface area (Å²) < 4.78 is 42.6. The minimum absolute atomic E-state index is 0.103. The molecule has 0 radical (unpaired) electrons. The van der Waals surface area contributed by atoms with Crippen molar-refractivity contribution in [2.45, 2.75) is 90.3 Å². The molecule has 3 nitrogen and oxygen atoms in total. The standard InChI is InChI=1S/C24H37F3O3/c1-21(29)10-11-23(3)15(12-21)4-6-17-18-7-5-16(22(18,2)9-8-19(17)23)13-30-14-20(28)24(25,26)27/h15-19,29H,4-14H2,1-3H3/t15-,16+,17?,18-,19?,21-,22+,23-/m0/s1.